The molecule has 0 fully saturated rings. The summed E-state index contributed by atoms with van der Waals surface area (Å²) in [6.07, 6.45) is 70.2. The minimum absolute atomic E-state index is 0.0966. The molecule has 0 heterocycles. The zero-order valence-electron chi connectivity index (χ0n) is 35.4. The van der Waals surface area contributed by atoms with Crippen LogP contribution in [0.15, 0.2) is 122 Å². The highest BCUT2D eigenvalue weighted by Gasteiger charge is 2.17. The summed E-state index contributed by atoms with van der Waals surface area (Å²) >= 11 is 0. The van der Waals surface area contributed by atoms with Gasteiger partial charge in [-0.25, -0.2) is 0 Å². The van der Waals surface area contributed by atoms with Crippen molar-refractivity contribution >= 4 is 5.91 Å². The lowest BCUT2D eigenvalue weighted by Gasteiger charge is -2.19. The molecule has 0 aliphatic heterocycles. The molecule has 0 aromatic carbocycles. The highest BCUT2D eigenvalue weighted by atomic mass is 16.3. The average molecular weight is 758 g/mol. The molecule has 0 aromatic rings. The molecule has 0 saturated carbocycles. The predicted molar refractivity (Wildman–Crippen MR) is 243 cm³/mol. The van der Waals surface area contributed by atoms with Crippen LogP contribution >= 0.6 is 0 Å². The molecule has 0 rings (SSSR count). The Balaban J connectivity index is 3.71. The Labute approximate surface area is 339 Å². The van der Waals surface area contributed by atoms with Gasteiger partial charge in [-0.15, -0.1) is 0 Å². The van der Waals surface area contributed by atoms with Crippen LogP contribution in [0.4, 0.5) is 0 Å². The summed E-state index contributed by atoms with van der Waals surface area (Å²) in [6.45, 7) is 4.14. The molecular weight excluding hydrogens is 675 g/mol. The van der Waals surface area contributed by atoms with Crippen molar-refractivity contribution in [1.29, 1.82) is 0 Å². The quantitative estimate of drug-likeness (QED) is 0.0434. The molecule has 4 heteroatoms. The fraction of sp³-hybridized carbons (Fsp3) is 0.588. The summed E-state index contributed by atoms with van der Waals surface area (Å²) in [5, 5.41) is 22.9. The molecule has 0 saturated heterocycles. The Morgan fingerprint density at radius 3 is 1.27 bits per heavy atom. The fourth-order valence-corrected chi connectivity index (χ4v) is 5.79. The third kappa shape index (κ3) is 41.8. The third-order valence-corrected chi connectivity index (χ3v) is 9.18. The van der Waals surface area contributed by atoms with Crippen LogP contribution in [-0.4, -0.2) is 34.9 Å². The topological polar surface area (TPSA) is 69.6 Å². The largest absolute Gasteiger partial charge is 0.394 e. The van der Waals surface area contributed by atoms with E-state index in [1.54, 1.807) is 6.08 Å². The second-order valence-corrected chi connectivity index (χ2v) is 14.4. The van der Waals surface area contributed by atoms with Crippen molar-refractivity contribution in [3.63, 3.8) is 0 Å². The lowest BCUT2D eigenvalue weighted by molar-refractivity contribution is -0.123. The Kier molecular flexibility index (Phi) is 42.5. The maximum Gasteiger partial charge on any atom is 0.220 e. The molecule has 310 valence electrons. The van der Waals surface area contributed by atoms with Crippen molar-refractivity contribution in [3.05, 3.63) is 122 Å². The van der Waals surface area contributed by atoms with Crippen LogP contribution in [-0.2, 0) is 4.79 Å². The Morgan fingerprint density at radius 2 is 0.818 bits per heavy atom. The first-order valence-corrected chi connectivity index (χ1v) is 22.2. The number of nitrogens with one attached hydrogen (secondary N) is 1. The van der Waals surface area contributed by atoms with Crippen molar-refractivity contribution in [2.45, 2.75) is 187 Å². The van der Waals surface area contributed by atoms with E-state index in [4.69, 9.17) is 0 Å². The number of aliphatic hydroxyl groups is 2. The monoisotopic (exact) mass is 758 g/mol. The van der Waals surface area contributed by atoms with Gasteiger partial charge in [0.15, 0.2) is 0 Å². The van der Waals surface area contributed by atoms with E-state index in [-0.39, 0.29) is 12.5 Å². The number of carbonyl (C=O) groups excluding carboxylic acids is 1. The summed E-state index contributed by atoms with van der Waals surface area (Å²) in [7, 11) is 0. The van der Waals surface area contributed by atoms with Crippen LogP contribution in [0.5, 0.6) is 0 Å². The molecule has 0 aromatic heterocycles. The lowest BCUT2D eigenvalue weighted by Crippen LogP contribution is -2.45. The maximum atomic E-state index is 12.4. The number of hydrogen-bond donors (Lipinski definition) is 3. The molecule has 3 N–H and O–H groups in total. The summed E-state index contributed by atoms with van der Waals surface area (Å²) in [6, 6.07) is -0.655. The summed E-state index contributed by atoms with van der Waals surface area (Å²) in [5.74, 6) is -0.0966. The van der Waals surface area contributed by atoms with E-state index >= 15 is 0 Å². The van der Waals surface area contributed by atoms with Crippen molar-refractivity contribution in [1.82, 2.24) is 5.32 Å². The van der Waals surface area contributed by atoms with Gasteiger partial charge in [0.2, 0.25) is 5.91 Å². The van der Waals surface area contributed by atoms with Crippen molar-refractivity contribution in [2.75, 3.05) is 6.61 Å². The van der Waals surface area contributed by atoms with Gasteiger partial charge in [-0.05, 0) is 96.3 Å². The normalized spacial score (nSPS) is 14.2. The van der Waals surface area contributed by atoms with E-state index < -0.39 is 12.1 Å². The molecule has 0 radical (unpaired) electrons. The number of hydrogen-bond acceptors (Lipinski definition) is 3. The molecule has 0 spiro atoms. The minimum Gasteiger partial charge on any atom is -0.394 e. The maximum absolute atomic E-state index is 12.4. The van der Waals surface area contributed by atoms with E-state index in [1.807, 2.05) is 6.08 Å². The highest BCUT2D eigenvalue weighted by molar-refractivity contribution is 5.76. The standard InChI is InChI=1S/C51H83NO3/c1-3-5-7-9-11-13-15-17-18-19-20-21-22-23-24-25-26-27-28-29-30-31-32-33-34-35-37-39-41-43-45-47-51(55)52-49(48-53)50(54)46-44-42-40-38-36-16-14-12-10-8-6-4-2/h5,7,11,13,17-18,20-21,23-24,26-27,29-30,32-33,36,38,44,46,49-50,53-54H,3-4,6,8-10,12,14-16,19,22,25,28,31,34-35,37,39-43,45,47-48H2,1-2H3,(H,52,55)/b7-5-,13-11-,18-17-,21-20-,24-23-,27-26-,30-29-,33-32-,38-36+,46-44+. The number of aliphatic hydroxyl groups excluding tert-OH is 2. The van der Waals surface area contributed by atoms with Gasteiger partial charge in [0, 0.05) is 6.42 Å². The Bertz CT molecular complexity index is 1130. The van der Waals surface area contributed by atoms with Gasteiger partial charge in [-0.1, -0.05) is 193 Å². The number of amides is 1. The van der Waals surface area contributed by atoms with E-state index in [9.17, 15) is 15.0 Å². The Morgan fingerprint density at radius 1 is 0.455 bits per heavy atom. The Hall–Kier alpha value is -3.21. The van der Waals surface area contributed by atoms with Gasteiger partial charge in [-0.2, -0.15) is 0 Å². The molecule has 2 unspecified atom stereocenters. The molecule has 2 atom stereocenters. The van der Waals surface area contributed by atoms with Crippen LogP contribution in [0.25, 0.3) is 0 Å². The van der Waals surface area contributed by atoms with Gasteiger partial charge >= 0.3 is 0 Å². The van der Waals surface area contributed by atoms with Gasteiger partial charge < -0.3 is 15.5 Å². The van der Waals surface area contributed by atoms with Gasteiger partial charge in [0.1, 0.15) is 0 Å². The number of allylic oxidation sites excluding steroid dienone is 19. The number of unbranched alkanes of at least 4 members (excludes halogenated alkanes) is 13. The van der Waals surface area contributed by atoms with Crippen molar-refractivity contribution in [2.24, 2.45) is 0 Å². The molecular formula is C51H83NO3. The molecule has 55 heavy (non-hydrogen) atoms. The zero-order chi connectivity index (χ0) is 40.0. The van der Waals surface area contributed by atoms with E-state index in [0.29, 0.717) is 6.42 Å². The third-order valence-electron chi connectivity index (χ3n) is 9.18. The number of rotatable bonds is 38. The van der Waals surface area contributed by atoms with Gasteiger partial charge in [-0.3, -0.25) is 4.79 Å². The summed E-state index contributed by atoms with van der Waals surface area (Å²) in [5.41, 5.74) is 0. The van der Waals surface area contributed by atoms with Gasteiger partial charge in [0.25, 0.3) is 0 Å². The second-order valence-electron chi connectivity index (χ2n) is 14.4. The molecule has 1 amide bonds. The van der Waals surface area contributed by atoms with Crippen LogP contribution in [0, 0.1) is 0 Å². The molecule has 0 aliphatic rings. The summed E-state index contributed by atoms with van der Waals surface area (Å²) in [4.78, 5) is 12.4. The van der Waals surface area contributed by atoms with Crippen LogP contribution in [0.3, 0.4) is 0 Å². The molecule has 4 nitrogen and oxygen atoms in total. The first kappa shape index (κ1) is 51.8. The fourth-order valence-electron chi connectivity index (χ4n) is 5.79. The first-order chi connectivity index (χ1) is 27.2. The van der Waals surface area contributed by atoms with Crippen LogP contribution in [0.2, 0.25) is 0 Å². The van der Waals surface area contributed by atoms with Crippen LogP contribution in [0.1, 0.15) is 174 Å². The SMILES string of the molecule is CC/C=C\C/C=C\C/C=C\C/C=C\C/C=C\C/C=C\C/C=C\C/C=C\CCCCCCCCC(=O)NC(CO)C(O)/C=C/CC/C=C/CCCCCCCC. The smallest absolute Gasteiger partial charge is 0.220 e. The molecule has 0 bridgehead atoms. The van der Waals surface area contributed by atoms with Crippen molar-refractivity contribution < 1.29 is 15.0 Å². The second kappa shape index (κ2) is 45.2. The van der Waals surface area contributed by atoms with E-state index in [1.165, 1.54) is 57.8 Å². The summed E-state index contributed by atoms with van der Waals surface area (Å²) < 4.78 is 0. The van der Waals surface area contributed by atoms with Gasteiger partial charge in [0.05, 0.1) is 18.8 Å². The zero-order valence-corrected chi connectivity index (χ0v) is 35.4. The van der Waals surface area contributed by atoms with E-state index in [0.717, 1.165) is 96.3 Å². The highest BCUT2D eigenvalue weighted by Crippen LogP contribution is 2.11. The number of carbonyl (C=O) groups is 1. The van der Waals surface area contributed by atoms with Crippen LogP contribution < -0.4 is 5.32 Å². The molecule has 0 aliphatic carbocycles. The first-order valence-electron chi connectivity index (χ1n) is 22.2. The van der Waals surface area contributed by atoms with Crippen molar-refractivity contribution in [3.8, 4) is 0 Å². The van der Waals surface area contributed by atoms with E-state index in [2.05, 4.69) is 129 Å². The lowest BCUT2D eigenvalue weighted by atomic mass is 10.1. The average Bonchev–Trinajstić information content (AvgIpc) is 3.19. The predicted octanol–water partition coefficient (Wildman–Crippen LogP) is 14.2. The minimum atomic E-state index is -0.875.